The first-order chi connectivity index (χ1) is 9.74. The molecule has 0 radical (unpaired) electrons. The van der Waals surface area contributed by atoms with Crippen molar-refractivity contribution in [2.75, 3.05) is 11.4 Å². The van der Waals surface area contributed by atoms with Crippen molar-refractivity contribution in [1.29, 1.82) is 0 Å². The summed E-state index contributed by atoms with van der Waals surface area (Å²) in [6.07, 6.45) is 2.43. The number of benzene rings is 1. The summed E-state index contributed by atoms with van der Waals surface area (Å²) in [4.78, 5) is 11.6. The van der Waals surface area contributed by atoms with Gasteiger partial charge in [0.1, 0.15) is 16.9 Å². The molecule has 3 heterocycles. The molecule has 1 saturated heterocycles. The molecule has 1 aliphatic rings. The topological polar surface area (TPSA) is 42.2 Å². The maximum atomic E-state index is 6.03. The molecule has 1 aromatic carbocycles. The number of fused-ring (bicyclic) bond motifs is 3. The van der Waals surface area contributed by atoms with Gasteiger partial charge >= 0.3 is 0 Å². The lowest BCUT2D eigenvalue weighted by atomic mass is 10.2. The number of furan rings is 1. The zero-order chi connectivity index (χ0) is 13.7. The van der Waals surface area contributed by atoms with E-state index in [1.54, 1.807) is 0 Å². The van der Waals surface area contributed by atoms with E-state index in [1.807, 2.05) is 25.1 Å². The van der Waals surface area contributed by atoms with Gasteiger partial charge in [-0.15, -0.1) is 0 Å². The second kappa shape index (κ2) is 4.20. The van der Waals surface area contributed by atoms with Crippen LogP contribution in [0.25, 0.3) is 22.1 Å². The number of aromatic nitrogens is 2. The van der Waals surface area contributed by atoms with E-state index in [4.69, 9.17) is 4.42 Å². The van der Waals surface area contributed by atoms with Crippen molar-refractivity contribution in [2.45, 2.75) is 32.7 Å². The molecule has 2 aromatic heterocycles. The zero-order valence-electron chi connectivity index (χ0n) is 11.8. The molecule has 102 valence electrons. The zero-order valence-corrected chi connectivity index (χ0v) is 11.8. The van der Waals surface area contributed by atoms with Gasteiger partial charge in [-0.25, -0.2) is 9.97 Å². The largest absolute Gasteiger partial charge is 0.450 e. The Bertz CT molecular complexity index is 793. The lowest BCUT2D eigenvalue weighted by Crippen LogP contribution is -2.27. The minimum atomic E-state index is 0.515. The molecule has 4 heteroatoms. The maximum absolute atomic E-state index is 6.03. The normalized spacial score (nSPS) is 19.3. The molecule has 3 aromatic rings. The molecule has 0 bridgehead atoms. The van der Waals surface area contributed by atoms with Crippen molar-refractivity contribution >= 4 is 27.9 Å². The highest BCUT2D eigenvalue weighted by atomic mass is 16.3. The molecule has 1 atom stereocenters. The number of hydrogen-bond acceptors (Lipinski definition) is 4. The van der Waals surface area contributed by atoms with E-state index < -0.39 is 0 Å². The maximum Gasteiger partial charge on any atom is 0.196 e. The summed E-state index contributed by atoms with van der Waals surface area (Å²) in [7, 11) is 0. The highest BCUT2D eigenvalue weighted by Crippen LogP contribution is 2.35. The molecule has 0 spiro atoms. The number of aryl methyl sites for hydroxylation is 1. The molecule has 1 aliphatic heterocycles. The molecule has 0 aliphatic carbocycles. The lowest BCUT2D eigenvalue weighted by molar-refractivity contribution is 0.654. The van der Waals surface area contributed by atoms with Crippen LogP contribution in [0.2, 0.25) is 0 Å². The number of para-hydroxylation sites is 1. The Morgan fingerprint density at radius 2 is 2.10 bits per heavy atom. The first kappa shape index (κ1) is 11.7. The van der Waals surface area contributed by atoms with Crippen LogP contribution in [0.1, 0.15) is 25.6 Å². The van der Waals surface area contributed by atoms with Crippen LogP contribution in [-0.4, -0.2) is 22.6 Å². The molecule has 20 heavy (non-hydrogen) atoms. The van der Waals surface area contributed by atoms with Crippen LogP contribution in [-0.2, 0) is 0 Å². The van der Waals surface area contributed by atoms with E-state index in [2.05, 4.69) is 27.9 Å². The van der Waals surface area contributed by atoms with Gasteiger partial charge in [0.2, 0.25) is 0 Å². The van der Waals surface area contributed by atoms with Crippen molar-refractivity contribution < 1.29 is 4.42 Å². The molecule has 0 saturated carbocycles. The third kappa shape index (κ3) is 1.60. The Kier molecular flexibility index (Phi) is 2.46. The van der Waals surface area contributed by atoms with Crippen LogP contribution < -0.4 is 4.90 Å². The van der Waals surface area contributed by atoms with Crippen molar-refractivity contribution in [3.05, 3.63) is 30.1 Å². The molecule has 0 amide bonds. The minimum Gasteiger partial charge on any atom is -0.450 e. The SMILES string of the molecule is Cc1nc(N2CCC[C@H]2C)c2oc3ccccc3c2n1. The average Bonchev–Trinajstić information content (AvgIpc) is 3.02. The fraction of sp³-hybridized carbons (Fsp3) is 0.375. The summed E-state index contributed by atoms with van der Waals surface area (Å²) in [6, 6.07) is 8.57. The van der Waals surface area contributed by atoms with E-state index >= 15 is 0 Å². The van der Waals surface area contributed by atoms with E-state index in [0.717, 1.165) is 40.3 Å². The van der Waals surface area contributed by atoms with Gasteiger partial charge in [0.15, 0.2) is 11.4 Å². The summed E-state index contributed by atoms with van der Waals surface area (Å²) in [5.41, 5.74) is 2.64. The van der Waals surface area contributed by atoms with Gasteiger partial charge in [-0.1, -0.05) is 12.1 Å². The highest BCUT2D eigenvalue weighted by molar-refractivity contribution is 6.05. The fourth-order valence-corrected chi connectivity index (χ4v) is 3.13. The second-order valence-corrected chi connectivity index (χ2v) is 5.56. The lowest BCUT2D eigenvalue weighted by Gasteiger charge is -2.22. The number of nitrogens with zero attached hydrogens (tertiary/aromatic N) is 3. The average molecular weight is 267 g/mol. The van der Waals surface area contributed by atoms with Gasteiger partial charge in [-0.2, -0.15) is 0 Å². The van der Waals surface area contributed by atoms with Crippen molar-refractivity contribution in [1.82, 2.24) is 9.97 Å². The highest BCUT2D eigenvalue weighted by Gasteiger charge is 2.26. The smallest absolute Gasteiger partial charge is 0.196 e. The summed E-state index contributed by atoms with van der Waals surface area (Å²) < 4.78 is 6.03. The Morgan fingerprint density at radius 3 is 2.90 bits per heavy atom. The number of rotatable bonds is 1. The van der Waals surface area contributed by atoms with Gasteiger partial charge in [0, 0.05) is 18.0 Å². The van der Waals surface area contributed by atoms with Crippen LogP contribution in [0, 0.1) is 6.92 Å². The van der Waals surface area contributed by atoms with Crippen LogP contribution in [0.5, 0.6) is 0 Å². The molecule has 4 nitrogen and oxygen atoms in total. The summed E-state index contributed by atoms with van der Waals surface area (Å²) in [6.45, 7) is 5.24. The predicted octanol–water partition coefficient (Wildman–Crippen LogP) is 3.67. The molecular formula is C16H17N3O. The molecule has 4 rings (SSSR count). The molecule has 0 N–H and O–H groups in total. The first-order valence-electron chi connectivity index (χ1n) is 7.16. The minimum absolute atomic E-state index is 0.515. The van der Waals surface area contributed by atoms with E-state index in [9.17, 15) is 0 Å². The van der Waals surface area contributed by atoms with Crippen molar-refractivity contribution in [3.8, 4) is 0 Å². The van der Waals surface area contributed by atoms with E-state index in [0.29, 0.717) is 6.04 Å². The van der Waals surface area contributed by atoms with Crippen molar-refractivity contribution in [2.24, 2.45) is 0 Å². The van der Waals surface area contributed by atoms with E-state index in [-0.39, 0.29) is 0 Å². The Balaban J connectivity index is 2.05. The molecular weight excluding hydrogens is 250 g/mol. The summed E-state index contributed by atoms with van der Waals surface area (Å²) in [5.74, 6) is 1.76. The number of anilines is 1. The Labute approximate surface area is 117 Å². The van der Waals surface area contributed by atoms with Crippen LogP contribution in [0.3, 0.4) is 0 Å². The summed E-state index contributed by atoms with van der Waals surface area (Å²) in [5, 5.41) is 1.07. The third-order valence-electron chi connectivity index (χ3n) is 4.14. The van der Waals surface area contributed by atoms with Gasteiger partial charge in [0.25, 0.3) is 0 Å². The number of hydrogen-bond donors (Lipinski definition) is 0. The fourth-order valence-electron chi connectivity index (χ4n) is 3.13. The van der Waals surface area contributed by atoms with Crippen LogP contribution in [0.15, 0.2) is 28.7 Å². The van der Waals surface area contributed by atoms with Gasteiger partial charge in [0.05, 0.1) is 0 Å². The van der Waals surface area contributed by atoms with Gasteiger partial charge < -0.3 is 9.32 Å². The van der Waals surface area contributed by atoms with E-state index in [1.165, 1.54) is 12.8 Å². The molecule has 0 unspecified atom stereocenters. The predicted molar refractivity (Wildman–Crippen MR) is 80.1 cm³/mol. The van der Waals surface area contributed by atoms with Gasteiger partial charge in [-0.05, 0) is 38.8 Å². The Morgan fingerprint density at radius 1 is 1.25 bits per heavy atom. The quantitative estimate of drug-likeness (QED) is 0.674. The second-order valence-electron chi connectivity index (χ2n) is 5.56. The van der Waals surface area contributed by atoms with Crippen LogP contribution >= 0.6 is 0 Å². The van der Waals surface area contributed by atoms with Gasteiger partial charge in [-0.3, -0.25) is 0 Å². The third-order valence-corrected chi connectivity index (χ3v) is 4.14. The monoisotopic (exact) mass is 267 g/mol. The Hall–Kier alpha value is -2.10. The summed E-state index contributed by atoms with van der Waals surface area (Å²) >= 11 is 0. The van der Waals surface area contributed by atoms with Crippen molar-refractivity contribution in [3.63, 3.8) is 0 Å². The van der Waals surface area contributed by atoms with Crippen LogP contribution in [0.4, 0.5) is 5.82 Å². The standard InChI is InChI=1S/C16H17N3O/c1-10-6-5-9-19(10)16-15-14(17-11(2)18-16)12-7-3-4-8-13(12)20-15/h3-4,7-8,10H,5-6,9H2,1-2H3/t10-/m1/s1. The molecule has 1 fully saturated rings. The first-order valence-corrected chi connectivity index (χ1v) is 7.16.